The van der Waals surface area contributed by atoms with E-state index in [4.69, 9.17) is 25.8 Å². The highest BCUT2D eigenvalue weighted by atomic mass is 35.5. The molecule has 0 atom stereocenters. The molecule has 0 heterocycles. The maximum atomic E-state index is 5.80. The molecular weight excluding hydrogens is 240 g/mol. The lowest BCUT2D eigenvalue weighted by atomic mass is 10.2. The van der Waals surface area contributed by atoms with Crippen LogP contribution in [0, 0.1) is 0 Å². The second kappa shape index (κ2) is 9.28. The zero-order chi connectivity index (χ0) is 12.3. The molecule has 0 aliphatic heterocycles. The molecule has 0 amide bonds. The van der Waals surface area contributed by atoms with E-state index in [-0.39, 0.29) is 0 Å². The van der Waals surface area contributed by atoms with E-state index < -0.39 is 0 Å². The lowest BCUT2D eigenvalue weighted by Crippen LogP contribution is -2.09. The van der Waals surface area contributed by atoms with Crippen molar-refractivity contribution in [2.75, 3.05) is 33.5 Å². The van der Waals surface area contributed by atoms with Crippen molar-refractivity contribution in [3.05, 3.63) is 29.8 Å². The van der Waals surface area contributed by atoms with Crippen LogP contribution in [0.25, 0.3) is 0 Å². The molecule has 96 valence electrons. The van der Waals surface area contributed by atoms with E-state index in [1.165, 1.54) is 0 Å². The smallest absolute Gasteiger partial charge is 0.123 e. The Morgan fingerprint density at radius 3 is 2.65 bits per heavy atom. The van der Waals surface area contributed by atoms with Gasteiger partial charge in [0, 0.05) is 25.9 Å². The van der Waals surface area contributed by atoms with Gasteiger partial charge in [0.05, 0.1) is 12.5 Å². The summed E-state index contributed by atoms with van der Waals surface area (Å²) in [6, 6.07) is 7.76. The molecule has 0 saturated carbocycles. The summed E-state index contributed by atoms with van der Waals surface area (Å²) in [5.74, 6) is 1.30. The normalized spacial score (nSPS) is 10.5. The third-order valence-corrected chi connectivity index (χ3v) is 2.53. The fourth-order valence-electron chi connectivity index (χ4n) is 1.37. The van der Waals surface area contributed by atoms with Gasteiger partial charge in [-0.25, -0.2) is 0 Å². The van der Waals surface area contributed by atoms with Gasteiger partial charge in [-0.2, -0.15) is 0 Å². The quantitative estimate of drug-likeness (QED) is 0.504. The highest BCUT2D eigenvalue weighted by Crippen LogP contribution is 2.19. The van der Waals surface area contributed by atoms with Crippen molar-refractivity contribution in [2.45, 2.75) is 12.3 Å². The highest BCUT2D eigenvalue weighted by Gasteiger charge is 2.00. The predicted molar refractivity (Wildman–Crippen MR) is 68.8 cm³/mol. The van der Waals surface area contributed by atoms with Crippen molar-refractivity contribution in [3.8, 4) is 5.75 Å². The van der Waals surface area contributed by atoms with Crippen molar-refractivity contribution < 1.29 is 14.2 Å². The Kier molecular flexibility index (Phi) is 7.80. The minimum atomic E-state index is 0.463. The molecule has 0 aliphatic carbocycles. The Morgan fingerprint density at radius 2 is 1.88 bits per heavy atom. The van der Waals surface area contributed by atoms with Crippen LogP contribution in [0.2, 0.25) is 0 Å². The predicted octanol–water partition coefficient (Wildman–Crippen LogP) is 2.86. The van der Waals surface area contributed by atoms with Gasteiger partial charge in [0.2, 0.25) is 0 Å². The largest absolute Gasteiger partial charge is 0.491 e. The third kappa shape index (κ3) is 5.91. The Bertz CT molecular complexity index is 304. The Labute approximate surface area is 108 Å². The average Bonchev–Trinajstić information content (AvgIpc) is 2.38. The summed E-state index contributed by atoms with van der Waals surface area (Å²) in [7, 11) is 1.69. The lowest BCUT2D eigenvalue weighted by molar-refractivity contribution is 0.0805. The highest BCUT2D eigenvalue weighted by molar-refractivity contribution is 6.17. The fourth-order valence-corrected chi connectivity index (χ4v) is 1.59. The SMILES string of the molecule is COCCCOCCOc1ccccc1CCl. The van der Waals surface area contributed by atoms with Gasteiger partial charge in [-0.3, -0.25) is 0 Å². The first-order valence-corrected chi connectivity index (χ1v) is 6.25. The first-order chi connectivity index (χ1) is 8.38. The van der Waals surface area contributed by atoms with Gasteiger partial charge in [0.15, 0.2) is 0 Å². The van der Waals surface area contributed by atoms with Gasteiger partial charge in [0.1, 0.15) is 12.4 Å². The van der Waals surface area contributed by atoms with Gasteiger partial charge < -0.3 is 14.2 Å². The van der Waals surface area contributed by atoms with Crippen LogP contribution in [0.5, 0.6) is 5.75 Å². The van der Waals surface area contributed by atoms with Crippen LogP contribution >= 0.6 is 11.6 Å². The molecule has 4 heteroatoms. The zero-order valence-corrected chi connectivity index (χ0v) is 10.9. The number of rotatable bonds is 9. The molecule has 0 fully saturated rings. The number of alkyl halides is 1. The Morgan fingerprint density at radius 1 is 1.06 bits per heavy atom. The summed E-state index contributed by atoms with van der Waals surface area (Å²) in [5, 5.41) is 0. The van der Waals surface area contributed by atoms with E-state index in [0.717, 1.165) is 24.3 Å². The second-order valence-electron chi connectivity index (χ2n) is 3.55. The van der Waals surface area contributed by atoms with Crippen LogP contribution in [-0.2, 0) is 15.4 Å². The maximum absolute atomic E-state index is 5.80. The molecule has 0 aliphatic rings. The molecule has 0 radical (unpaired) electrons. The minimum absolute atomic E-state index is 0.463. The monoisotopic (exact) mass is 258 g/mol. The number of benzene rings is 1. The number of halogens is 1. The van der Waals surface area contributed by atoms with Crippen LogP contribution in [-0.4, -0.2) is 33.5 Å². The van der Waals surface area contributed by atoms with E-state index in [2.05, 4.69) is 0 Å². The molecule has 0 spiro atoms. The minimum Gasteiger partial charge on any atom is -0.491 e. The van der Waals surface area contributed by atoms with E-state index in [9.17, 15) is 0 Å². The van der Waals surface area contributed by atoms with Gasteiger partial charge in [-0.05, 0) is 12.5 Å². The van der Waals surface area contributed by atoms with Crippen molar-refractivity contribution in [3.63, 3.8) is 0 Å². The molecule has 0 unspecified atom stereocenters. The van der Waals surface area contributed by atoms with Gasteiger partial charge in [-0.15, -0.1) is 11.6 Å². The Hall–Kier alpha value is -0.770. The average molecular weight is 259 g/mol. The first-order valence-electron chi connectivity index (χ1n) is 5.72. The fraction of sp³-hybridized carbons (Fsp3) is 0.538. The van der Waals surface area contributed by atoms with Crippen LogP contribution < -0.4 is 4.74 Å². The van der Waals surface area contributed by atoms with Crippen molar-refractivity contribution in [1.29, 1.82) is 0 Å². The summed E-state index contributed by atoms with van der Waals surface area (Å²) < 4.78 is 15.9. The number of ether oxygens (including phenoxy) is 3. The van der Waals surface area contributed by atoms with Gasteiger partial charge in [-0.1, -0.05) is 18.2 Å². The zero-order valence-electron chi connectivity index (χ0n) is 10.2. The molecule has 0 aromatic heterocycles. The molecule has 0 N–H and O–H groups in total. The lowest BCUT2D eigenvalue weighted by Gasteiger charge is -2.09. The summed E-state index contributed by atoms with van der Waals surface area (Å²) in [6.45, 7) is 2.56. The molecule has 0 bridgehead atoms. The topological polar surface area (TPSA) is 27.7 Å². The van der Waals surface area contributed by atoms with E-state index in [1.54, 1.807) is 7.11 Å². The molecular formula is C13H19ClO3. The third-order valence-electron chi connectivity index (χ3n) is 2.24. The maximum Gasteiger partial charge on any atom is 0.123 e. The van der Waals surface area contributed by atoms with Crippen molar-refractivity contribution in [1.82, 2.24) is 0 Å². The molecule has 0 saturated heterocycles. The molecule has 1 aromatic carbocycles. The van der Waals surface area contributed by atoms with E-state index >= 15 is 0 Å². The first kappa shape index (κ1) is 14.3. The van der Waals surface area contributed by atoms with E-state index in [0.29, 0.717) is 25.7 Å². The summed E-state index contributed by atoms with van der Waals surface area (Å²) in [5.41, 5.74) is 1.01. The van der Waals surface area contributed by atoms with Crippen LogP contribution in [0.4, 0.5) is 0 Å². The molecule has 3 nitrogen and oxygen atoms in total. The molecule has 1 aromatic rings. The molecule has 17 heavy (non-hydrogen) atoms. The van der Waals surface area contributed by atoms with Crippen molar-refractivity contribution >= 4 is 11.6 Å². The van der Waals surface area contributed by atoms with Crippen LogP contribution in [0.1, 0.15) is 12.0 Å². The van der Waals surface area contributed by atoms with Crippen molar-refractivity contribution in [2.24, 2.45) is 0 Å². The Balaban J connectivity index is 2.13. The standard InChI is InChI=1S/C13H19ClO3/c1-15-7-4-8-16-9-10-17-13-6-3-2-5-12(13)11-14/h2-3,5-6H,4,7-11H2,1H3. The summed E-state index contributed by atoms with van der Waals surface area (Å²) in [4.78, 5) is 0. The number of para-hydroxylation sites is 1. The van der Waals surface area contributed by atoms with E-state index in [1.807, 2.05) is 24.3 Å². The molecule has 1 rings (SSSR count). The number of hydrogen-bond acceptors (Lipinski definition) is 3. The van der Waals surface area contributed by atoms with Crippen LogP contribution in [0.15, 0.2) is 24.3 Å². The number of hydrogen-bond donors (Lipinski definition) is 0. The van der Waals surface area contributed by atoms with Gasteiger partial charge in [0.25, 0.3) is 0 Å². The summed E-state index contributed by atoms with van der Waals surface area (Å²) in [6.07, 6.45) is 0.911. The number of methoxy groups -OCH3 is 1. The van der Waals surface area contributed by atoms with Gasteiger partial charge >= 0.3 is 0 Å². The second-order valence-corrected chi connectivity index (χ2v) is 3.82. The van der Waals surface area contributed by atoms with Crippen LogP contribution in [0.3, 0.4) is 0 Å². The summed E-state index contributed by atoms with van der Waals surface area (Å²) >= 11 is 5.80.